The second-order valence-corrected chi connectivity index (χ2v) is 7.18. The topological polar surface area (TPSA) is 87.7 Å². The number of benzene rings is 2. The molecule has 0 spiro atoms. The summed E-state index contributed by atoms with van der Waals surface area (Å²) in [7, 11) is 1.55. The Labute approximate surface area is 176 Å². The normalized spacial score (nSPS) is 14.1. The van der Waals surface area contributed by atoms with Gasteiger partial charge in [0.1, 0.15) is 5.75 Å². The minimum Gasteiger partial charge on any atom is -0.496 e. The molecule has 1 heterocycles. The fraction of sp³-hybridized carbons (Fsp3) is 0.348. The number of hydrogen-bond donors (Lipinski definition) is 2. The molecule has 0 aromatic heterocycles. The van der Waals surface area contributed by atoms with E-state index in [-0.39, 0.29) is 23.6 Å². The molecule has 2 N–H and O–H groups in total. The Balaban J connectivity index is 1.40. The molecule has 7 heteroatoms. The van der Waals surface area contributed by atoms with Crippen molar-refractivity contribution < 1.29 is 19.1 Å². The van der Waals surface area contributed by atoms with Gasteiger partial charge in [-0.3, -0.25) is 14.4 Å². The molecule has 30 heavy (non-hydrogen) atoms. The van der Waals surface area contributed by atoms with Crippen molar-refractivity contribution in [3.05, 3.63) is 65.7 Å². The van der Waals surface area contributed by atoms with Crippen molar-refractivity contribution in [3.8, 4) is 5.75 Å². The monoisotopic (exact) mass is 409 g/mol. The molecule has 1 aliphatic rings. The summed E-state index contributed by atoms with van der Waals surface area (Å²) < 4.78 is 5.28. The number of para-hydroxylation sites is 1. The van der Waals surface area contributed by atoms with E-state index in [4.69, 9.17) is 4.74 Å². The van der Waals surface area contributed by atoms with Crippen molar-refractivity contribution >= 4 is 17.7 Å². The highest BCUT2D eigenvalue weighted by atomic mass is 16.5. The molecule has 1 saturated heterocycles. The number of amides is 3. The lowest BCUT2D eigenvalue weighted by Crippen LogP contribution is -2.44. The second kappa shape index (κ2) is 10.4. The van der Waals surface area contributed by atoms with Gasteiger partial charge >= 0.3 is 0 Å². The third-order valence-corrected chi connectivity index (χ3v) is 5.24. The molecule has 0 aliphatic carbocycles. The molecule has 0 atom stereocenters. The number of likely N-dealkylation sites (tertiary alicyclic amines) is 1. The summed E-state index contributed by atoms with van der Waals surface area (Å²) >= 11 is 0. The molecule has 158 valence electrons. The minimum atomic E-state index is -0.159. The van der Waals surface area contributed by atoms with Gasteiger partial charge in [0.15, 0.2) is 0 Å². The lowest BCUT2D eigenvalue weighted by molar-refractivity contribution is -0.126. The van der Waals surface area contributed by atoms with E-state index in [0.29, 0.717) is 55.9 Å². The van der Waals surface area contributed by atoms with Crippen LogP contribution in [0.5, 0.6) is 5.75 Å². The summed E-state index contributed by atoms with van der Waals surface area (Å²) in [5, 5.41) is 5.67. The number of carbonyl (C=O) groups excluding carboxylic acids is 3. The Morgan fingerprint density at radius 2 is 1.57 bits per heavy atom. The molecule has 1 aliphatic heterocycles. The van der Waals surface area contributed by atoms with Crippen LogP contribution in [-0.2, 0) is 4.79 Å². The number of methoxy groups -OCH3 is 1. The summed E-state index contributed by atoms with van der Waals surface area (Å²) in [4.78, 5) is 38.9. The quantitative estimate of drug-likeness (QED) is 0.686. The summed E-state index contributed by atoms with van der Waals surface area (Å²) in [6, 6.07) is 16.1. The van der Waals surface area contributed by atoms with E-state index in [9.17, 15) is 14.4 Å². The van der Waals surface area contributed by atoms with Gasteiger partial charge in [-0.05, 0) is 37.1 Å². The van der Waals surface area contributed by atoms with Crippen molar-refractivity contribution in [1.82, 2.24) is 15.5 Å². The summed E-state index contributed by atoms with van der Waals surface area (Å²) in [5.74, 6) is 0.160. The van der Waals surface area contributed by atoms with Crippen LogP contribution >= 0.6 is 0 Å². The number of carbonyl (C=O) groups is 3. The van der Waals surface area contributed by atoms with Crippen LogP contribution in [0.3, 0.4) is 0 Å². The number of hydrogen-bond acceptors (Lipinski definition) is 4. The van der Waals surface area contributed by atoms with Crippen molar-refractivity contribution in [2.75, 3.05) is 33.3 Å². The fourth-order valence-corrected chi connectivity index (χ4v) is 3.53. The van der Waals surface area contributed by atoms with E-state index in [2.05, 4.69) is 10.6 Å². The molecule has 0 unspecified atom stereocenters. The SMILES string of the molecule is COc1ccccc1C(=O)N1CCC(C(=O)NCCNC(=O)c2ccccc2)CC1. The maximum absolute atomic E-state index is 12.8. The number of rotatable bonds is 7. The maximum Gasteiger partial charge on any atom is 0.257 e. The zero-order valence-electron chi connectivity index (χ0n) is 17.1. The molecule has 7 nitrogen and oxygen atoms in total. The third kappa shape index (κ3) is 5.37. The summed E-state index contributed by atoms with van der Waals surface area (Å²) in [6.45, 7) is 1.79. The van der Waals surface area contributed by atoms with Crippen LogP contribution in [0.2, 0.25) is 0 Å². The molecular formula is C23H27N3O4. The van der Waals surface area contributed by atoms with Crippen molar-refractivity contribution in [3.63, 3.8) is 0 Å². The van der Waals surface area contributed by atoms with Gasteiger partial charge in [0, 0.05) is 37.7 Å². The van der Waals surface area contributed by atoms with Gasteiger partial charge in [0.05, 0.1) is 12.7 Å². The van der Waals surface area contributed by atoms with Crippen LogP contribution in [0.4, 0.5) is 0 Å². The highest BCUT2D eigenvalue weighted by molar-refractivity contribution is 5.97. The van der Waals surface area contributed by atoms with Gasteiger partial charge in [0.2, 0.25) is 5.91 Å². The van der Waals surface area contributed by atoms with E-state index in [1.54, 1.807) is 36.3 Å². The van der Waals surface area contributed by atoms with E-state index in [0.717, 1.165) is 0 Å². The predicted molar refractivity (Wildman–Crippen MR) is 113 cm³/mol. The lowest BCUT2D eigenvalue weighted by atomic mass is 9.95. The van der Waals surface area contributed by atoms with Gasteiger partial charge in [0.25, 0.3) is 11.8 Å². The van der Waals surface area contributed by atoms with Crippen LogP contribution in [0.1, 0.15) is 33.6 Å². The first-order valence-corrected chi connectivity index (χ1v) is 10.1. The number of nitrogens with one attached hydrogen (secondary N) is 2. The Bertz CT molecular complexity index is 877. The van der Waals surface area contributed by atoms with Crippen LogP contribution in [-0.4, -0.2) is 55.9 Å². The molecule has 0 radical (unpaired) electrons. The average Bonchev–Trinajstić information content (AvgIpc) is 2.81. The maximum atomic E-state index is 12.8. The fourth-order valence-electron chi connectivity index (χ4n) is 3.53. The highest BCUT2D eigenvalue weighted by Crippen LogP contribution is 2.23. The van der Waals surface area contributed by atoms with Gasteiger partial charge in [-0.2, -0.15) is 0 Å². The van der Waals surface area contributed by atoms with Gasteiger partial charge < -0.3 is 20.3 Å². The van der Waals surface area contributed by atoms with E-state index in [1.807, 2.05) is 30.3 Å². The number of ether oxygens (including phenoxy) is 1. The first-order chi connectivity index (χ1) is 14.6. The minimum absolute atomic E-state index is 0.0339. The van der Waals surface area contributed by atoms with Crippen LogP contribution in [0.25, 0.3) is 0 Å². The highest BCUT2D eigenvalue weighted by Gasteiger charge is 2.28. The van der Waals surface area contributed by atoms with E-state index >= 15 is 0 Å². The summed E-state index contributed by atoms with van der Waals surface area (Å²) in [6.07, 6.45) is 1.23. The zero-order valence-corrected chi connectivity index (χ0v) is 17.1. The third-order valence-electron chi connectivity index (χ3n) is 5.24. The number of piperidine rings is 1. The van der Waals surface area contributed by atoms with Crippen LogP contribution in [0, 0.1) is 5.92 Å². The molecule has 0 bridgehead atoms. The molecule has 2 aromatic rings. The van der Waals surface area contributed by atoms with E-state index in [1.165, 1.54) is 0 Å². The first-order valence-electron chi connectivity index (χ1n) is 10.1. The van der Waals surface area contributed by atoms with Crippen molar-refractivity contribution in [2.45, 2.75) is 12.8 Å². The Morgan fingerprint density at radius 1 is 0.933 bits per heavy atom. The summed E-state index contributed by atoms with van der Waals surface area (Å²) in [5.41, 5.74) is 1.13. The smallest absolute Gasteiger partial charge is 0.257 e. The van der Waals surface area contributed by atoms with Gasteiger partial charge in [-0.25, -0.2) is 0 Å². The average molecular weight is 409 g/mol. The van der Waals surface area contributed by atoms with Crippen molar-refractivity contribution in [2.24, 2.45) is 5.92 Å². The molecule has 2 aromatic carbocycles. The molecule has 3 amide bonds. The standard InChI is InChI=1S/C23H27N3O4/c1-30-20-10-6-5-9-19(20)23(29)26-15-11-18(12-16-26)22(28)25-14-13-24-21(27)17-7-3-2-4-8-17/h2-10,18H,11-16H2,1H3,(H,24,27)(H,25,28). The Morgan fingerprint density at radius 3 is 2.27 bits per heavy atom. The van der Waals surface area contributed by atoms with Gasteiger partial charge in [-0.15, -0.1) is 0 Å². The molecular weight excluding hydrogens is 382 g/mol. The second-order valence-electron chi connectivity index (χ2n) is 7.18. The number of nitrogens with zero attached hydrogens (tertiary/aromatic N) is 1. The first kappa shape index (κ1) is 21.4. The Hall–Kier alpha value is -3.35. The van der Waals surface area contributed by atoms with Crippen LogP contribution in [0.15, 0.2) is 54.6 Å². The molecule has 1 fully saturated rings. The van der Waals surface area contributed by atoms with Gasteiger partial charge in [-0.1, -0.05) is 30.3 Å². The van der Waals surface area contributed by atoms with E-state index < -0.39 is 0 Å². The van der Waals surface area contributed by atoms with Crippen LogP contribution < -0.4 is 15.4 Å². The molecule has 0 saturated carbocycles. The zero-order chi connectivity index (χ0) is 21.3. The van der Waals surface area contributed by atoms with Crippen molar-refractivity contribution in [1.29, 1.82) is 0 Å². The largest absolute Gasteiger partial charge is 0.496 e. The molecule has 3 rings (SSSR count). The predicted octanol–water partition coefficient (Wildman–Crippen LogP) is 2.09. The Kier molecular flexibility index (Phi) is 7.43. The lowest BCUT2D eigenvalue weighted by Gasteiger charge is -2.31.